The zero-order chi connectivity index (χ0) is 21.0. The summed E-state index contributed by atoms with van der Waals surface area (Å²) in [6, 6.07) is 7.52. The van der Waals surface area contributed by atoms with Crippen LogP contribution in [-0.2, 0) is 15.0 Å². The van der Waals surface area contributed by atoms with E-state index in [1.165, 1.54) is 0 Å². The molecule has 1 aliphatic carbocycles. The first kappa shape index (κ1) is 19.9. The highest BCUT2D eigenvalue weighted by Gasteiger charge is 2.56. The summed E-state index contributed by atoms with van der Waals surface area (Å²) in [7, 11) is 0. The van der Waals surface area contributed by atoms with Crippen LogP contribution in [0.4, 0.5) is 4.39 Å². The summed E-state index contributed by atoms with van der Waals surface area (Å²) in [5.74, 6) is -0.680. The number of rotatable bonds is 4. The number of esters is 1. The fourth-order valence-electron chi connectivity index (χ4n) is 4.77. The molecule has 2 heterocycles. The van der Waals surface area contributed by atoms with E-state index in [1.807, 2.05) is 13.0 Å². The Hall–Kier alpha value is -2.39. The van der Waals surface area contributed by atoms with Gasteiger partial charge in [0.05, 0.1) is 23.8 Å². The Morgan fingerprint density at radius 1 is 1.38 bits per heavy atom. The number of nitrogens with zero attached hydrogens (tertiary/aromatic N) is 2. The van der Waals surface area contributed by atoms with Crippen molar-refractivity contribution in [3.05, 3.63) is 35.3 Å². The van der Waals surface area contributed by atoms with Gasteiger partial charge in [-0.3, -0.25) is 0 Å². The first-order chi connectivity index (χ1) is 13.7. The van der Waals surface area contributed by atoms with Crippen molar-refractivity contribution in [3.63, 3.8) is 0 Å². The normalized spacial score (nSPS) is 28.1. The van der Waals surface area contributed by atoms with Crippen molar-refractivity contribution in [2.75, 3.05) is 13.2 Å². The van der Waals surface area contributed by atoms with Gasteiger partial charge in [-0.25, -0.2) is 9.18 Å². The Morgan fingerprint density at radius 2 is 2.10 bits per heavy atom. The minimum atomic E-state index is -0.896. The van der Waals surface area contributed by atoms with Crippen molar-refractivity contribution >= 4 is 16.9 Å². The lowest BCUT2D eigenvalue weighted by atomic mass is 9.83. The minimum Gasteiger partial charge on any atom is -0.461 e. The van der Waals surface area contributed by atoms with E-state index in [2.05, 4.69) is 19.9 Å². The second-order valence-corrected chi connectivity index (χ2v) is 8.97. The molecule has 0 amide bonds. The summed E-state index contributed by atoms with van der Waals surface area (Å²) < 4.78 is 28.0. The van der Waals surface area contributed by atoms with E-state index in [0.29, 0.717) is 23.9 Å². The first-order valence-electron chi connectivity index (χ1n) is 10.3. The van der Waals surface area contributed by atoms with Crippen LogP contribution < -0.4 is 0 Å². The predicted molar refractivity (Wildman–Crippen MR) is 107 cm³/mol. The summed E-state index contributed by atoms with van der Waals surface area (Å²) in [5.41, 5.74) is 0.330. The van der Waals surface area contributed by atoms with Crippen LogP contribution in [0.2, 0.25) is 0 Å². The maximum absolute atomic E-state index is 15.4. The van der Waals surface area contributed by atoms with E-state index in [4.69, 9.17) is 9.47 Å². The predicted octanol–water partition coefficient (Wildman–Crippen LogP) is 4.89. The molecule has 3 atom stereocenters. The second kappa shape index (κ2) is 6.84. The van der Waals surface area contributed by atoms with Crippen molar-refractivity contribution in [1.29, 1.82) is 5.26 Å². The number of benzene rings is 1. The number of hydrogen-bond donors (Lipinski definition) is 0. The molecule has 0 radical (unpaired) electrons. The van der Waals surface area contributed by atoms with Crippen molar-refractivity contribution in [3.8, 4) is 6.07 Å². The lowest BCUT2D eigenvalue weighted by Gasteiger charge is -2.35. The summed E-state index contributed by atoms with van der Waals surface area (Å²) in [6.07, 6.45) is 2.23. The van der Waals surface area contributed by atoms with Crippen LogP contribution in [-0.4, -0.2) is 29.4 Å². The molecule has 1 aromatic heterocycles. The van der Waals surface area contributed by atoms with Crippen LogP contribution >= 0.6 is 0 Å². The summed E-state index contributed by atoms with van der Waals surface area (Å²) in [4.78, 5) is 12.6. The SMILES string of the molecule is CCOC(=O)c1cc2cc([C@@H]3CCOC(C)(C)C3)cc(F)c2n1[C@@]1(C#N)C[C@@H]1C. The van der Waals surface area contributed by atoms with Crippen LogP contribution in [0.5, 0.6) is 0 Å². The molecule has 154 valence electrons. The Bertz CT molecular complexity index is 1020. The highest BCUT2D eigenvalue weighted by Crippen LogP contribution is 2.52. The van der Waals surface area contributed by atoms with E-state index in [1.54, 1.807) is 23.6 Å². The monoisotopic (exact) mass is 398 g/mol. The van der Waals surface area contributed by atoms with Crippen molar-refractivity contribution < 1.29 is 18.7 Å². The van der Waals surface area contributed by atoms with Crippen molar-refractivity contribution in [2.45, 2.75) is 64.0 Å². The van der Waals surface area contributed by atoms with E-state index in [0.717, 1.165) is 18.4 Å². The average molecular weight is 398 g/mol. The third kappa shape index (κ3) is 3.22. The second-order valence-electron chi connectivity index (χ2n) is 8.97. The molecule has 6 heteroatoms. The molecule has 2 fully saturated rings. The van der Waals surface area contributed by atoms with Crippen LogP contribution in [0.15, 0.2) is 18.2 Å². The van der Waals surface area contributed by atoms with E-state index < -0.39 is 17.3 Å². The van der Waals surface area contributed by atoms with Crippen LogP contribution in [0.3, 0.4) is 0 Å². The van der Waals surface area contributed by atoms with E-state index in [-0.39, 0.29) is 29.7 Å². The van der Waals surface area contributed by atoms with E-state index >= 15 is 4.39 Å². The summed E-state index contributed by atoms with van der Waals surface area (Å²) in [5, 5.41) is 10.5. The number of fused-ring (bicyclic) bond motifs is 1. The topological polar surface area (TPSA) is 64.2 Å². The maximum atomic E-state index is 15.4. The lowest BCUT2D eigenvalue weighted by molar-refractivity contribution is -0.0593. The molecule has 4 rings (SSSR count). The zero-order valence-electron chi connectivity index (χ0n) is 17.4. The van der Waals surface area contributed by atoms with Gasteiger partial charge in [-0.05, 0) is 75.6 Å². The number of ether oxygens (including phenoxy) is 2. The van der Waals surface area contributed by atoms with Gasteiger partial charge in [-0.15, -0.1) is 0 Å². The quantitative estimate of drug-likeness (QED) is 0.688. The van der Waals surface area contributed by atoms with Gasteiger partial charge in [-0.1, -0.05) is 6.92 Å². The Kier molecular flexibility index (Phi) is 4.70. The van der Waals surface area contributed by atoms with E-state index in [9.17, 15) is 10.1 Å². The number of carbonyl (C=O) groups is 1. The molecule has 29 heavy (non-hydrogen) atoms. The maximum Gasteiger partial charge on any atom is 0.355 e. The van der Waals surface area contributed by atoms with Crippen LogP contribution in [0, 0.1) is 23.1 Å². The number of halogens is 1. The number of aromatic nitrogens is 1. The average Bonchev–Trinajstić information content (AvgIpc) is 3.15. The minimum absolute atomic E-state index is 0.0478. The number of carbonyl (C=O) groups excluding carboxylic acids is 1. The molecule has 2 aliphatic rings. The third-order valence-corrected chi connectivity index (χ3v) is 6.39. The number of hydrogen-bond acceptors (Lipinski definition) is 4. The number of nitriles is 1. The van der Waals surface area contributed by atoms with Crippen LogP contribution in [0.1, 0.15) is 68.9 Å². The molecule has 5 nitrogen and oxygen atoms in total. The van der Waals surface area contributed by atoms with Gasteiger partial charge in [0, 0.05) is 12.0 Å². The summed E-state index contributed by atoms with van der Waals surface area (Å²) in [6.45, 7) is 8.64. The molecule has 0 N–H and O–H groups in total. The molecular weight excluding hydrogens is 371 g/mol. The van der Waals surface area contributed by atoms with Gasteiger partial charge in [0.1, 0.15) is 17.1 Å². The zero-order valence-corrected chi connectivity index (χ0v) is 17.4. The molecular formula is C23H27FN2O3. The molecule has 0 spiro atoms. The molecule has 1 aliphatic heterocycles. The van der Waals surface area contributed by atoms with Gasteiger partial charge in [0.25, 0.3) is 0 Å². The molecule has 1 saturated heterocycles. The highest BCUT2D eigenvalue weighted by molar-refractivity contribution is 5.96. The third-order valence-electron chi connectivity index (χ3n) is 6.39. The van der Waals surface area contributed by atoms with Crippen LogP contribution in [0.25, 0.3) is 10.9 Å². The van der Waals surface area contributed by atoms with Crippen molar-refractivity contribution in [2.24, 2.45) is 5.92 Å². The Morgan fingerprint density at radius 3 is 2.69 bits per heavy atom. The van der Waals surface area contributed by atoms with Gasteiger partial charge < -0.3 is 14.0 Å². The standard InChI is InChI=1S/C23H27FN2O3/c1-5-28-21(27)19-10-17-8-16(15-6-7-29-22(3,4)12-15)9-18(24)20(17)26(19)23(13-25)11-14(23)2/h8-10,14-15H,5-7,11-12H2,1-4H3/t14-,15+,23+/m0/s1. The largest absolute Gasteiger partial charge is 0.461 e. The lowest BCUT2D eigenvalue weighted by Crippen LogP contribution is -2.33. The van der Waals surface area contributed by atoms with Crippen molar-refractivity contribution in [1.82, 2.24) is 4.57 Å². The molecule has 0 unspecified atom stereocenters. The van der Waals surface area contributed by atoms with Gasteiger partial charge in [-0.2, -0.15) is 5.26 Å². The van der Waals surface area contributed by atoms with Gasteiger partial charge in [0.2, 0.25) is 0 Å². The summed E-state index contributed by atoms with van der Waals surface area (Å²) >= 11 is 0. The molecule has 0 bridgehead atoms. The Balaban J connectivity index is 1.87. The first-order valence-corrected chi connectivity index (χ1v) is 10.3. The fraction of sp³-hybridized carbons (Fsp3) is 0.565. The fourth-order valence-corrected chi connectivity index (χ4v) is 4.77. The molecule has 2 aromatic rings. The molecule has 1 aromatic carbocycles. The Labute approximate surface area is 170 Å². The molecule has 1 saturated carbocycles. The van der Waals surface area contributed by atoms with Gasteiger partial charge >= 0.3 is 5.97 Å². The highest BCUT2D eigenvalue weighted by atomic mass is 19.1. The van der Waals surface area contributed by atoms with Gasteiger partial charge in [0.15, 0.2) is 0 Å². The smallest absolute Gasteiger partial charge is 0.355 e.